The maximum atomic E-state index is 11.4. The van der Waals surface area contributed by atoms with Gasteiger partial charge in [-0.1, -0.05) is 12.1 Å². The van der Waals surface area contributed by atoms with E-state index in [1.54, 1.807) is 6.20 Å². The molecule has 1 unspecified atom stereocenters. The number of hydrogen-bond donors (Lipinski definition) is 2. The summed E-state index contributed by atoms with van der Waals surface area (Å²) >= 11 is 0. The van der Waals surface area contributed by atoms with E-state index in [0.717, 1.165) is 55.4 Å². The summed E-state index contributed by atoms with van der Waals surface area (Å²) < 4.78 is 36.9. The Labute approximate surface area is 165 Å². The van der Waals surface area contributed by atoms with Gasteiger partial charge in [0.2, 0.25) is 16.0 Å². The van der Waals surface area contributed by atoms with Gasteiger partial charge in [-0.05, 0) is 31.7 Å². The number of hydrogen-bond acceptors (Lipinski definition) is 7. The number of anilines is 1. The zero-order valence-corrected chi connectivity index (χ0v) is 16.7. The summed E-state index contributed by atoms with van der Waals surface area (Å²) in [4.78, 5) is 9.13. The molecule has 152 valence electrons. The molecule has 8 nitrogen and oxygen atoms in total. The molecule has 2 N–H and O–H groups in total. The first-order valence-corrected chi connectivity index (χ1v) is 11.6. The van der Waals surface area contributed by atoms with Gasteiger partial charge in [0, 0.05) is 30.1 Å². The molecule has 0 spiro atoms. The quantitative estimate of drug-likeness (QED) is 0.757. The van der Waals surface area contributed by atoms with E-state index in [0.29, 0.717) is 12.6 Å². The third-order valence-electron chi connectivity index (χ3n) is 5.20. The average molecular weight is 407 g/mol. The topological polar surface area (TPSA) is 102 Å². The van der Waals surface area contributed by atoms with Crippen molar-refractivity contribution in [2.75, 3.05) is 24.8 Å². The van der Waals surface area contributed by atoms with Crippen LogP contribution in [-0.4, -0.2) is 56.0 Å². The Morgan fingerprint density at radius 2 is 1.93 bits per heavy atom. The lowest BCUT2D eigenvalue weighted by atomic mass is 9.92. The average Bonchev–Trinajstić information content (AvgIpc) is 3.16. The maximum absolute atomic E-state index is 11.4. The number of rotatable bonds is 6. The molecule has 9 heteroatoms. The van der Waals surface area contributed by atoms with Gasteiger partial charge in [0.1, 0.15) is 17.4 Å². The number of ether oxygens (including phenoxy) is 2. The molecule has 1 aromatic carbocycles. The van der Waals surface area contributed by atoms with Crippen molar-refractivity contribution in [3.8, 4) is 5.75 Å². The summed E-state index contributed by atoms with van der Waals surface area (Å²) in [6, 6.07) is 6.09. The van der Waals surface area contributed by atoms with Crippen molar-refractivity contribution in [3.05, 3.63) is 24.4 Å². The highest BCUT2D eigenvalue weighted by molar-refractivity contribution is 7.88. The van der Waals surface area contributed by atoms with Gasteiger partial charge >= 0.3 is 0 Å². The molecule has 0 bridgehead atoms. The van der Waals surface area contributed by atoms with E-state index in [2.05, 4.69) is 15.0 Å². The van der Waals surface area contributed by atoms with Crippen molar-refractivity contribution in [1.29, 1.82) is 0 Å². The molecule has 2 aromatic rings. The molecule has 4 rings (SSSR count). The van der Waals surface area contributed by atoms with Crippen LogP contribution >= 0.6 is 0 Å². The van der Waals surface area contributed by atoms with Crippen LogP contribution in [0.15, 0.2) is 24.4 Å². The molecule has 2 fully saturated rings. The fraction of sp³-hybridized carbons (Fsp3) is 0.579. The first-order valence-electron chi connectivity index (χ1n) is 9.70. The van der Waals surface area contributed by atoms with Gasteiger partial charge in [-0.2, -0.15) is 0 Å². The standard InChI is InChI=1S/C19H26N4O4S/c1-28(24,25)23-15-7-5-14(6-8-15)21-19-20-11-13-3-2-4-17(18(13)22-19)27-16-9-10-26-12-16/h2-4,11,14-16,23H,5-10,12H2,1H3,(H,20,21,22)/t14-,15-,16?. The Morgan fingerprint density at radius 1 is 1.14 bits per heavy atom. The number of para-hydroxylation sites is 1. The minimum absolute atomic E-state index is 0.0132. The molecule has 1 saturated heterocycles. The van der Waals surface area contributed by atoms with Crippen LogP contribution in [0, 0.1) is 0 Å². The SMILES string of the molecule is CS(=O)(=O)N[C@H]1CC[C@H](Nc2ncc3cccc(OC4CCOC4)c3n2)CC1. The van der Waals surface area contributed by atoms with Gasteiger partial charge in [0.25, 0.3) is 0 Å². The summed E-state index contributed by atoms with van der Waals surface area (Å²) in [6.45, 7) is 1.34. The summed E-state index contributed by atoms with van der Waals surface area (Å²) in [5.74, 6) is 1.32. The van der Waals surface area contributed by atoms with Crippen LogP contribution in [-0.2, 0) is 14.8 Å². The van der Waals surface area contributed by atoms with Crippen molar-refractivity contribution in [2.45, 2.75) is 50.3 Å². The molecule has 2 heterocycles. The van der Waals surface area contributed by atoms with Crippen LogP contribution in [0.5, 0.6) is 5.75 Å². The Bertz CT molecular complexity index is 923. The van der Waals surface area contributed by atoms with Gasteiger partial charge in [0.05, 0.1) is 19.5 Å². The second-order valence-corrected chi connectivity index (χ2v) is 9.35. The van der Waals surface area contributed by atoms with Crippen LogP contribution < -0.4 is 14.8 Å². The molecule has 1 saturated carbocycles. The largest absolute Gasteiger partial charge is 0.486 e. The molecule has 0 radical (unpaired) electrons. The van der Waals surface area contributed by atoms with Crippen molar-refractivity contribution >= 4 is 26.9 Å². The highest BCUT2D eigenvalue weighted by Crippen LogP contribution is 2.27. The van der Waals surface area contributed by atoms with Crippen molar-refractivity contribution in [1.82, 2.24) is 14.7 Å². The predicted molar refractivity (Wildman–Crippen MR) is 107 cm³/mol. The highest BCUT2D eigenvalue weighted by Gasteiger charge is 2.24. The van der Waals surface area contributed by atoms with Crippen molar-refractivity contribution in [2.24, 2.45) is 0 Å². The summed E-state index contributed by atoms with van der Waals surface area (Å²) in [5.41, 5.74) is 0.791. The van der Waals surface area contributed by atoms with Crippen LogP contribution in [0.3, 0.4) is 0 Å². The van der Waals surface area contributed by atoms with E-state index in [-0.39, 0.29) is 18.2 Å². The third kappa shape index (κ3) is 4.89. The van der Waals surface area contributed by atoms with E-state index in [1.807, 2.05) is 18.2 Å². The summed E-state index contributed by atoms with van der Waals surface area (Å²) in [5, 5.41) is 4.33. The van der Waals surface area contributed by atoms with Crippen molar-refractivity contribution in [3.63, 3.8) is 0 Å². The lowest BCUT2D eigenvalue weighted by Crippen LogP contribution is -2.39. The zero-order valence-electron chi connectivity index (χ0n) is 15.9. The maximum Gasteiger partial charge on any atom is 0.223 e. The molecular formula is C19H26N4O4S. The van der Waals surface area contributed by atoms with Crippen molar-refractivity contribution < 1.29 is 17.9 Å². The first-order chi connectivity index (χ1) is 13.5. The smallest absolute Gasteiger partial charge is 0.223 e. The molecule has 0 amide bonds. The Kier molecular flexibility index (Phi) is 5.65. The Balaban J connectivity index is 1.43. The number of benzene rings is 1. The number of sulfonamides is 1. The van der Waals surface area contributed by atoms with Crippen LogP contribution in [0.1, 0.15) is 32.1 Å². The predicted octanol–water partition coefficient (Wildman–Crippen LogP) is 2.07. The van der Waals surface area contributed by atoms with E-state index < -0.39 is 10.0 Å². The third-order valence-corrected chi connectivity index (χ3v) is 5.96. The minimum atomic E-state index is -3.16. The van der Waals surface area contributed by atoms with Gasteiger partial charge in [0.15, 0.2) is 0 Å². The highest BCUT2D eigenvalue weighted by atomic mass is 32.2. The molecule has 1 aromatic heterocycles. The van der Waals surface area contributed by atoms with E-state index in [1.165, 1.54) is 6.26 Å². The lowest BCUT2D eigenvalue weighted by Gasteiger charge is -2.29. The number of nitrogens with zero attached hydrogens (tertiary/aromatic N) is 2. The van der Waals surface area contributed by atoms with Crippen LogP contribution in [0.4, 0.5) is 5.95 Å². The lowest BCUT2D eigenvalue weighted by molar-refractivity contribution is 0.142. The minimum Gasteiger partial charge on any atom is -0.486 e. The second-order valence-electron chi connectivity index (χ2n) is 7.57. The normalized spacial score (nSPS) is 25.7. The number of nitrogens with one attached hydrogen (secondary N) is 2. The molecule has 1 aliphatic heterocycles. The van der Waals surface area contributed by atoms with E-state index in [4.69, 9.17) is 14.5 Å². The molecule has 1 atom stereocenters. The molecule has 2 aliphatic rings. The van der Waals surface area contributed by atoms with Gasteiger partial charge in [-0.3, -0.25) is 0 Å². The first kappa shape index (κ1) is 19.4. The van der Waals surface area contributed by atoms with E-state index in [9.17, 15) is 8.42 Å². The van der Waals surface area contributed by atoms with Crippen LogP contribution in [0.25, 0.3) is 10.9 Å². The Hall–Kier alpha value is -1.97. The van der Waals surface area contributed by atoms with Gasteiger partial charge in [-0.25, -0.2) is 23.1 Å². The number of aromatic nitrogens is 2. The second kappa shape index (κ2) is 8.18. The van der Waals surface area contributed by atoms with E-state index >= 15 is 0 Å². The fourth-order valence-electron chi connectivity index (χ4n) is 3.82. The summed E-state index contributed by atoms with van der Waals surface area (Å²) in [7, 11) is -3.16. The Morgan fingerprint density at radius 3 is 2.64 bits per heavy atom. The molecule has 28 heavy (non-hydrogen) atoms. The van der Waals surface area contributed by atoms with Gasteiger partial charge in [-0.15, -0.1) is 0 Å². The monoisotopic (exact) mass is 406 g/mol. The fourth-order valence-corrected chi connectivity index (χ4v) is 4.66. The molecular weight excluding hydrogens is 380 g/mol. The number of fused-ring (bicyclic) bond motifs is 1. The van der Waals surface area contributed by atoms with Crippen LogP contribution in [0.2, 0.25) is 0 Å². The summed E-state index contributed by atoms with van der Waals surface area (Å²) in [6.07, 6.45) is 7.30. The molecule has 1 aliphatic carbocycles. The van der Waals surface area contributed by atoms with Gasteiger partial charge < -0.3 is 14.8 Å². The zero-order chi connectivity index (χ0) is 19.6.